The summed E-state index contributed by atoms with van der Waals surface area (Å²) in [6.45, 7) is 5.17. The van der Waals surface area contributed by atoms with Gasteiger partial charge in [-0.15, -0.1) is 12.4 Å². The highest BCUT2D eigenvalue weighted by Gasteiger charge is 2.25. The van der Waals surface area contributed by atoms with Gasteiger partial charge in [0.1, 0.15) is 17.5 Å². The maximum atomic E-state index is 13.3. The number of carbonyl (C=O) groups is 1. The molecule has 0 radical (unpaired) electrons. The highest BCUT2D eigenvalue weighted by Crippen LogP contribution is 2.24. The van der Waals surface area contributed by atoms with Crippen molar-refractivity contribution in [1.82, 2.24) is 25.3 Å². The molecule has 9 heteroatoms. The van der Waals surface area contributed by atoms with Gasteiger partial charge in [0.25, 0.3) is 0 Å². The highest BCUT2D eigenvalue weighted by atomic mass is 35.5. The Bertz CT molecular complexity index is 1070. The van der Waals surface area contributed by atoms with Crippen molar-refractivity contribution in [2.24, 2.45) is 0 Å². The molecule has 2 atom stereocenters. The van der Waals surface area contributed by atoms with Gasteiger partial charge < -0.3 is 10.2 Å². The van der Waals surface area contributed by atoms with Gasteiger partial charge >= 0.3 is 0 Å². The average Bonchev–Trinajstić information content (AvgIpc) is 3.22. The molecule has 1 fully saturated rings. The van der Waals surface area contributed by atoms with Crippen LogP contribution in [0.3, 0.4) is 0 Å². The van der Waals surface area contributed by atoms with Crippen LogP contribution in [0.2, 0.25) is 0 Å². The van der Waals surface area contributed by atoms with Crippen LogP contribution in [-0.4, -0.2) is 45.0 Å². The van der Waals surface area contributed by atoms with Gasteiger partial charge in [0.05, 0.1) is 11.4 Å². The molecule has 0 spiro atoms. The zero-order valence-corrected chi connectivity index (χ0v) is 19.6. The first-order valence-corrected chi connectivity index (χ1v) is 10.9. The van der Waals surface area contributed by atoms with E-state index in [1.807, 2.05) is 18.2 Å². The van der Waals surface area contributed by atoms with E-state index in [1.165, 1.54) is 12.1 Å². The summed E-state index contributed by atoms with van der Waals surface area (Å²) in [4.78, 5) is 31.8. The van der Waals surface area contributed by atoms with Gasteiger partial charge in [-0.3, -0.25) is 14.8 Å². The van der Waals surface area contributed by atoms with Crippen molar-refractivity contribution in [3.8, 4) is 0 Å². The summed E-state index contributed by atoms with van der Waals surface area (Å²) < 4.78 is 13.3. The first kappa shape index (κ1) is 24.5. The number of carbonyl (C=O) groups excluding carboxylic acids is 1. The summed E-state index contributed by atoms with van der Waals surface area (Å²) >= 11 is 0. The van der Waals surface area contributed by atoms with Crippen molar-refractivity contribution >= 4 is 24.1 Å². The van der Waals surface area contributed by atoms with Crippen LogP contribution in [0.15, 0.2) is 48.9 Å². The highest BCUT2D eigenvalue weighted by molar-refractivity contribution is 5.85. The molecular formula is C24H28ClFN6O. The smallest absolute Gasteiger partial charge is 0.217 e. The van der Waals surface area contributed by atoms with Gasteiger partial charge in [-0.2, -0.15) is 0 Å². The molecule has 0 bridgehead atoms. The van der Waals surface area contributed by atoms with E-state index in [0.29, 0.717) is 19.4 Å². The fraction of sp³-hybridized carbons (Fsp3) is 0.375. The van der Waals surface area contributed by atoms with E-state index < -0.39 is 0 Å². The third kappa shape index (κ3) is 6.68. The summed E-state index contributed by atoms with van der Waals surface area (Å²) in [6, 6.07) is 8.69. The molecule has 4 rings (SSSR count). The summed E-state index contributed by atoms with van der Waals surface area (Å²) in [5.74, 6) is 1.47. The SMILES string of the molecule is CC(=O)N[C@@H]1CCN(c2cc(Cc3cnccn3)nc(C[C@@H](C)c3ccc(F)cc3)n2)C1.Cl. The normalized spacial score (nSPS) is 16.2. The molecule has 1 aromatic carbocycles. The van der Waals surface area contributed by atoms with Crippen LogP contribution < -0.4 is 10.2 Å². The van der Waals surface area contributed by atoms with Crippen LogP contribution in [0.1, 0.15) is 49.0 Å². The molecule has 1 N–H and O–H groups in total. The van der Waals surface area contributed by atoms with Crippen LogP contribution in [0.5, 0.6) is 0 Å². The topological polar surface area (TPSA) is 83.9 Å². The minimum atomic E-state index is -0.242. The van der Waals surface area contributed by atoms with Crippen LogP contribution in [0.4, 0.5) is 10.2 Å². The van der Waals surface area contributed by atoms with E-state index in [0.717, 1.165) is 41.6 Å². The standard InChI is InChI=1S/C24H27FN6O.ClH/c1-16(18-3-5-19(25)6-4-18)11-23-29-21(12-22-14-26-8-9-27-22)13-24(30-23)31-10-7-20(15-31)28-17(2)32;/h3-6,8-9,13-14,16,20H,7,10-12,15H2,1-2H3,(H,28,32);1H/t16-,20-;/m1./s1. The Labute approximate surface area is 199 Å². The molecule has 0 saturated carbocycles. The van der Waals surface area contributed by atoms with Gasteiger partial charge in [-0.05, 0) is 30.0 Å². The number of nitrogens with one attached hydrogen (secondary N) is 1. The Balaban J connectivity index is 0.00000306. The van der Waals surface area contributed by atoms with Gasteiger partial charge in [-0.1, -0.05) is 19.1 Å². The van der Waals surface area contributed by atoms with Gasteiger partial charge in [0, 0.05) is 63.6 Å². The number of rotatable bonds is 7. The fourth-order valence-electron chi connectivity index (χ4n) is 4.04. The lowest BCUT2D eigenvalue weighted by atomic mass is 9.97. The Morgan fingerprint density at radius 3 is 2.70 bits per heavy atom. The Hall–Kier alpha value is -3.13. The van der Waals surface area contributed by atoms with Crippen molar-refractivity contribution in [3.05, 3.63) is 77.5 Å². The second kappa shape index (κ2) is 11.1. The van der Waals surface area contributed by atoms with E-state index in [2.05, 4.69) is 27.1 Å². The third-order valence-electron chi connectivity index (χ3n) is 5.64. The minimum Gasteiger partial charge on any atom is -0.354 e. The van der Waals surface area contributed by atoms with Crippen LogP contribution in [0, 0.1) is 5.82 Å². The largest absolute Gasteiger partial charge is 0.354 e. The molecule has 3 heterocycles. The van der Waals surface area contributed by atoms with Gasteiger partial charge in [0.15, 0.2) is 0 Å². The molecule has 7 nitrogen and oxygen atoms in total. The number of hydrogen-bond donors (Lipinski definition) is 1. The van der Waals surface area contributed by atoms with Crippen LogP contribution in [0.25, 0.3) is 0 Å². The summed E-state index contributed by atoms with van der Waals surface area (Å²) in [5.41, 5.74) is 2.76. The predicted octanol–water partition coefficient (Wildman–Crippen LogP) is 3.48. The zero-order chi connectivity index (χ0) is 22.5. The maximum absolute atomic E-state index is 13.3. The van der Waals surface area contributed by atoms with E-state index >= 15 is 0 Å². The molecule has 1 aliphatic heterocycles. The monoisotopic (exact) mass is 470 g/mol. The molecule has 1 aliphatic rings. The van der Waals surface area contributed by atoms with Gasteiger partial charge in [0.2, 0.25) is 5.91 Å². The number of nitrogens with zero attached hydrogens (tertiary/aromatic N) is 5. The van der Waals surface area contributed by atoms with Crippen molar-refractivity contribution < 1.29 is 9.18 Å². The number of halogens is 2. The lowest BCUT2D eigenvalue weighted by Gasteiger charge is -2.20. The fourth-order valence-corrected chi connectivity index (χ4v) is 4.04. The Kier molecular flexibility index (Phi) is 8.27. The summed E-state index contributed by atoms with van der Waals surface area (Å²) in [5, 5.41) is 3.00. The zero-order valence-electron chi connectivity index (χ0n) is 18.7. The van der Waals surface area contributed by atoms with Crippen molar-refractivity contribution in [3.63, 3.8) is 0 Å². The number of anilines is 1. The quantitative estimate of drug-likeness (QED) is 0.569. The van der Waals surface area contributed by atoms with E-state index in [-0.39, 0.29) is 36.1 Å². The van der Waals surface area contributed by atoms with Crippen molar-refractivity contribution in [2.45, 2.75) is 45.1 Å². The lowest BCUT2D eigenvalue weighted by Crippen LogP contribution is -2.35. The molecule has 3 aromatic rings. The summed E-state index contributed by atoms with van der Waals surface area (Å²) in [6.07, 6.45) is 7.14. The van der Waals surface area contributed by atoms with E-state index in [9.17, 15) is 9.18 Å². The second-order valence-electron chi connectivity index (χ2n) is 8.30. The van der Waals surface area contributed by atoms with E-state index in [4.69, 9.17) is 9.97 Å². The molecule has 174 valence electrons. The molecule has 33 heavy (non-hydrogen) atoms. The molecule has 2 aromatic heterocycles. The number of amides is 1. The Morgan fingerprint density at radius 2 is 2.00 bits per heavy atom. The number of hydrogen-bond acceptors (Lipinski definition) is 6. The number of benzene rings is 1. The lowest BCUT2D eigenvalue weighted by molar-refractivity contribution is -0.119. The van der Waals surface area contributed by atoms with Gasteiger partial charge in [-0.25, -0.2) is 14.4 Å². The van der Waals surface area contributed by atoms with Crippen LogP contribution >= 0.6 is 12.4 Å². The third-order valence-corrected chi connectivity index (χ3v) is 5.64. The average molecular weight is 471 g/mol. The number of aromatic nitrogens is 4. The molecule has 0 aliphatic carbocycles. The minimum absolute atomic E-state index is 0. The summed E-state index contributed by atoms with van der Waals surface area (Å²) in [7, 11) is 0. The van der Waals surface area contributed by atoms with Crippen LogP contribution in [-0.2, 0) is 17.6 Å². The second-order valence-corrected chi connectivity index (χ2v) is 8.30. The van der Waals surface area contributed by atoms with E-state index in [1.54, 1.807) is 25.5 Å². The van der Waals surface area contributed by atoms with Crippen molar-refractivity contribution in [1.29, 1.82) is 0 Å². The first-order chi connectivity index (χ1) is 15.5. The first-order valence-electron chi connectivity index (χ1n) is 10.9. The Morgan fingerprint density at radius 1 is 1.21 bits per heavy atom. The molecule has 1 amide bonds. The molecular weight excluding hydrogens is 443 g/mol. The predicted molar refractivity (Wildman–Crippen MR) is 127 cm³/mol. The molecule has 0 unspecified atom stereocenters. The maximum Gasteiger partial charge on any atom is 0.217 e. The van der Waals surface area contributed by atoms with Crippen molar-refractivity contribution in [2.75, 3.05) is 18.0 Å². The molecule has 1 saturated heterocycles.